The lowest BCUT2D eigenvalue weighted by Crippen LogP contribution is -1.93. The van der Waals surface area contributed by atoms with Crippen LogP contribution in [0.4, 0.5) is 5.13 Å². The lowest BCUT2D eigenvalue weighted by atomic mass is 10.1. The van der Waals surface area contributed by atoms with Gasteiger partial charge in [0.15, 0.2) is 0 Å². The van der Waals surface area contributed by atoms with E-state index in [0.29, 0.717) is 0 Å². The van der Waals surface area contributed by atoms with Gasteiger partial charge in [0.2, 0.25) is 5.13 Å². The zero-order chi connectivity index (χ0) is 11.4. The van der Waals surface area contributed by atoms with Crippen LogP contribution in [0.1, 0.15) is 11.4 Å². The number of benzene rings is 1. The van der Waals surface area contributed by atoms with Crippen molar-refractivity contribution in [3.8, 4) is 5.75 Å². The highest BCUT2D eigenvalue weighted by Crippen LogP contribution is 2.17. The molecule has 0 amide bonds. The molecule has 2 rings (SSSR count). The molecule has 84 valence electrons. The fourth-order valence-corrected chi connectivity index (χ4v) is 1.93. The molecule has 0 spiro atoms. The number of anilines is 1. The van der Waals surface area contributed by atoms with E-state index in [-0.39, 0.29) is 0 Å². The van der Waals surface area contributed by atoms with E-state index < -0.39 is 0 Å². The van der Waals surface area contributed by atoms with Crippen LogP contribution in [0.3, 0.4) is 0 Å². The molecule has 0 radical (unpaired) electrons. The van der Waals surface area contributed by atoms with Gasteiger partial charge in [-0.25, -0.2) is 4.98 Å². The summed E-state index contributed by atoms with van der Waals surface area (Å²) in [5, 5.41) is 3.82. The Bertz CT molecular complexity index is 470. The van der Waals surface area contributed by atoms with Crippen molar-refractivity contribution < 1.29 is 4.74 Å². The third kappa shape index (κ3) is 2.49. The molecule has 2 aromatic rings. The smallest absolute Gasteiger partial charge is 0.202 e. The molecular weight excluding hydrogens is 222 g/mol. The molecule has 0 aliphatic carbocycles. The predicted octanol–water partition coefficient (Wildman–Crippen LogP) is 2.18. The van der Waals surface area contributed by atoms with Gasteiger partial charge in [0.1, 0.15) is 11.6 Å². The summed E-state index contributed by atoms with van der Waals surface area (Å²) in [5.41, 5.74) is 1.15. The Morgan fingerprint density at radius 2 is 2.31 bits per heavy atom. The maximum Gasteiger partial charge on any atom is 0.202 e. The molecule has 1 aromatic heterocycles. The average molecular weight is 235 g/mol. The molecule has 1 heterocycles. The van der Waals surface area contributed by atoms with E-state index in [1.54, 1.807) is 7.11 Å². The molecule has 16 heavy (non-hydrogen) atoms. The monoisotopic (exact) mass is 235 g/mol. The number of rotatable bonds is 4. The van der Waals surface area contributed by atoms with Gasteiger partial charge in [-0.15, -0.1) is 0 Å². The molecule has 0 saturated heterocycles. The number of ether oxygens (including phenoxy) is 1. The SMILES string of the molecule is CNc1nc(Cc2cccc(OC)c2)ns1. The Hall–Kier alpha value is -1.62. The molecule has 4 nitrogen and oxygen atoms in total. The van der Waals surface area contributed by atoms with Crippen molar-refractivity contribution >= 4 is 16.7 Å². The molecular formula is C11H13N3OS. The number of hydrogen-bond donors (Lipinski definition) is 1. The second kappa shape index (κ2) is 4.94. The van der Waals surface area contributed by atoms with Gasteiger partial charge < -0.3 is 10.1 Å². The van der Waals surface area contributed by atoms with Crippen LogP contribution in [-0.2, 0) is 6.42 Å². The highest BCUT2D eigenvalue weighted by molar-refractivity contribution is 7.09. The van der Waals surface area contributed by atoms with Gasteiger partial charge in [0.05, 0.1) is 7.11 Å². The average Bonchev–Trinajstić information content (AvgIpc) is 2.77. The van der Waals surface area contributed by atoms with Gasteiger partial charge >= 0.3 is 0 Å². The van der Waals surface area contributed by atoms with Gasteiger partial charge in [-0.1, -0.05) is 12.1 Å². The molecule has 0 unspecified atom stereocenters. The van der Waals surface area contributed by atoms with Crippen molar-refractivity contribution in [1.82, 2.24) is 9.36 Å². The van der Waals surface area contributed by atoms with Crippen LogP contribution in [0.5, 0.6) is 5.75 Å². The minimum Gasteiger partial charge on any atom is -0.497 e. The van der Waals surface area contributed by atoms with Crippen molar-refractivity contribution in [2.45, 2.75) is 6.42 Å². The molecule has 0 atom stereocenters. The van der Waals surface area contributed by atoms with Crippen molar-refractivity contribution in [2.75, 3.05) is 19.5 Å². The molecule has 0 bridgehead atoms. The van der Waals surface area contributed by atoms with Gasteiger partial charge in [-0.3, -0.25) is 0 Å². The minimum atomic E-state index is 0.732. The number of nitrogens with zero attached hydrogens (tertiary/aromatic N) is 2. The maximum atomic E-state index is 5.17. The highest BCUT2D eigenvalue weighted by Gasteiger charge is 2.04. The summed E-state index contributed by atoms with van der Waals surface area (Å²) in [6.45, 7) is 0. The third-order valence-corrected chi connectivity index (χ3v) is 2.95. The fourth-order valence-electron chi connectivity index (χ4n) is 1.39. The second-order valence-electron chi connectivity index (χ2n) is 3.29. The first-order valence-corrected chi connectivity index (χ1v) is 5.72. The van der Waals surface area contributed by atoms with Crippen LogP contribution in [0, 0.1) is 0 Å². The van der Waals surface area contributed by atoms with Crippen LogP contribution >= 0.6 is 11.5 Å². The van der Waals surface area contributed by atoms with Gasteiger partial charge in [-0.2, -0.15) is 4.37 Å². The van der Waals surface area contributed by atoms with E-state index in [1.165, 1.54) is 11.5 Å². The lowest BCUT2D eigenvalue weighted by Gasteiger charge is -2.01. The van der Waals surface area contributed by atoms with Gasteiger partial charge in [0, 0.05) is 25.0 Å². The molecule has 1 aromatic carbocycles. The summed E-state index contributed by atoms with van der Waals surface area (Å²) in [4.78, 5) is 4.33. The first-order valence-electron chi connectivity index (χ1n) is 4.95. The zero-order valence-corrected chi connectivity index (χ0v) is 10.0. The predicted molar refractivity (Wildman–Crippen MR) is 65.3 cm³/mol. The molecule has 5 heteroatoms. The largest absolute Gasteiger partial charge is 0.497 e. The topological polar surface area (TPSA) is 47.0 Å². The summed E-state index contributed by atoms with van der Waals surface area (Å²) in [6.07, 6.45) is 0.732. The summed E-state index contributed by atoms with van der Waals surface area (Å²) in [6, 6.07) is 7.94. The standard InChI is InChI=1S/C11H13N3OS/c1-12-11-13-10(14-16-11)7-8-4-3-5-9(6-8)15-2/h3-6H,7H2,1-2H3,(H,12,13,14). The Morgan fingerprint density at radius 1 is 1.44 bits per heavy atom. The quantitative estimate of drug-likeness (QED) is 0.882. The molecule has 0 fully saturated rings. The number of nitrogens with one attached hydrogen (secondary N) is 1. The van der Waals surface area contributed by atoms with E-state index in [9.17, 15) is 0 Å². The first kappa shape index (κ1) is 10.9. The molecule has 1 N–H and O–H groups in total. The Kier molecular flexibility index (Phi) is 3.36. The lowest BCUT2D eigenvalue weighted by molar-refractivity contribution is 0.414. The minimum absolute atomic E-state index is 0.732. The van der Waals surface area contributed by atoms with E-state index in [1.807, 2.05) is 31.3 Å². The van der Waals surface area contributed by atoms with Crippen molar-refractivity contribution in [1.29, 1.82) is 0 Å². The summed E-state index contributed by atoms with van der Waals surface area (Å²) < 4.78 is 9.43. The van der Waals surface area contributed by atoms with E-state index in [4.69, 9.17) is 4.74 Å². The molecule has 0 aliphatic rings. The van der Waals surface area contributed by atoms with Crippen LogP contribution < -0.4 is 10.1 Å². The number of methoxy groups -OCH3 is 1. The van der Waals surface area contributed by atoms with Crippen LogP contribution in [0.15, 0.2) is 24.3 Å². The van der Waals surface area contributed by atoms with Gasteiger partial charge in [-0.05, 0) is 17.7 Å². The number of aromatic nitrogens is 2. The van der Waals surface area contributed by atoms with Crippen LogP contribution in [-0.4, -0.2) is 23.5 Å². The number of hydrogen-bond acceptors (Lipinski definition) is 5. The van der Waals surface area contributed by atoms with Crippen LogP contribution in [0.25, 0.3) is 0 Å². The highest BCUT2D eigenvalue weighted by atomic mass is 32.1. The van der Waals surface area contributed by atoms with Crippen molar-refractivity contribution in [3.63, 3.8) is 0 Å². The van der Waals surface area contributed by atoms with Crippen molar-refractivity contribution in [2.24, 2.45) is 0 Å². The summed E-state index contributed by atoms with van der Waals surface area (Å²) in [7, 11) is 3.51. The third-order valence-electron chi connectivity index (χ3n) is 2.18. The fraction of sp³-hybridized carbons (Fsp3) is 0.273. The normalized spacial score (nSPS) is 10.1. The molecule has 0 aliphatic heterocycles. The van der Waals surface area contributed by atoms with E-state index in [2.05, 4.69) is 14.7 Å². The van der Waals surface area contributed by atoms with Crippen molar-refractivity contribution in [3.05, 3.63) is 35.7 Å². The Labute approximate surface area is 98.5 Å². The summed E-state index contributed by atoms with van der Waals surface area (Å²) >= 11 is 1.38. The Balaban J connectivity index is 2.13. The molecule has 0 saturated carbocycles. The van der Waals surface area contributed by atoms with Crippen LogP contribution in [0.2, 0.25) is 0 Å². The van der Waals surface area contributed by atoms with Gasteiger partial charge in [0.25, 0.3) is 0 Å². The maximum absolute atomic E-state index is 5.17. The van der Waals surface area contributed by atoms with E-state index in [0.717, 1.165) is 28.7 Å². The van der Waals surface area contributed by atoms with E-state index >= 15 is 0 Å². The first-order chi connectivity index (χ1) is 7.81. The second-order valence-corrected chi connectivity index (χ2v) is 4.05. The summed E-state index contributed by atoms with van der Waals surface area (Å²) in [5.74, 6) is 1.70. The zero-order valence-electron chi connectivity index (χ0n) is 9.23. The Morgan fingerprint density at radius 3 is 3.00 bits per heavy atom.